The molecular formula is C36H40O4. The van der Waals surface area contributed by atoms with Crippen molar-refractivity contribution >= 4 is 0 Å². The molecule has 0 saturated heterocycles. The molecule has 0 atom stereocenters. The maximum atomic E-state index is 11.0. The number of benzene rings is 4. The van der Waals surface area contributed by atoms with Gasteiger partial charge in [-0.25, -0.2) is 0 Å². The monoisotopic (exact) mass is 536 g/mol. The summed E-state index contributed by atoms with van der Waals surface area (Å²) in [5, 5.41) is 43.8. The lowest BCUT2D eigenvalue weighted by Crippen LogP contribution is -1.99. The van der Waals surface area contributed by atoms with Crippen LogP contribution in [0.1, 0.15) is 70.2 Å². The molecule has 208 valence electrons. The predicted molar refractivity (Wildman–Crippen MR) is 161 cm³/mol. The first-order chi connectivity index (χ1) is 19.5. The topological polar surface area (TPSA) is 80.9 Å². The van der Waals surface area contributed by atoms with Gasteiger partial charge >= 0.3 is 0 Å². The van der Waals surface area contributed by atoms with E-state index in [4.69, 9.17) is 0 Å². The molecule has 4 N–H and O–H groups in total. The number of hydrogen-bond donors (Lipinski definition) is 4. The average molecular weight is 537 g/mol. The molecule has 0 saturated carbocycles. The van der Waals surface area contributed by atoms with Crippen molar-refractivity contribution in [1.82, 2.24) is 0 Å². The van der Waals surface area contributed by atoms with Crippen molar-refractivity contribution in [2.45, 2.75) is 77.0 Å². The molecule has 4 aromatic rings. The van der Waals surface area contributed by atoms with Crippen LogP contribution >= 0.6 is 0 Å². The number of phenols is 4. The molecule has 1 aliphatic carbocycles. The standard InChI is InChI=1S/C36H40O4/c37-33-25-9-1-10-26(33)18-6-20-28-12-3-14-30(35(28)39)22-8-24-32-16-4-15-31(36(32)40)23-7-21-29-13-2-11-27(34(29)38)19-5-17-25/h1-4,9-16,37-40H,5-8,17-24H2. The minimum atomic E-state index is 0.374. The Labute approximate surface area is 237 Å². The van der Waals surface area contributed by atoms with Gasteiger partial charge in [-0.05, 0) is 122 Å². The second-order valence-corrected chi connectivity index (χ2v) is 11.1. The van der Waals surface area contributed by atoms with Crippen LogP contribution in [0.5, 0.6) is 23.0 Å². The van der Waals surface area contributed by atoms with Crippen LogP contribution < -0.4 is 0 Å². The Balaban J connectivity index is 1.38. The van der Waals surface area contributed by atoms with Crippen molar-refractivity contribution in [3.63, 3.8) is 0 Å². The van der Waals surface area contributed by atoms with E-state index in [1.54, 1.807) is 0 Å². The Morgan fingerprint density at radius 3 is 0.575 bits per heavy atom. The van der Waals surface area contributed by atoms with Gasteiger partial charge in [0.1, 0.15) is 23.0 Å². The minimum Gasteiger partial charge on any atom is -0.507 e. The van der Waals surface area contributed by atoms with E-state index < -0.39 is 0 Å². The molecule has 0 radical (unpaired) electrons. The van der Waals surface area contributed by atoms with Crippen LogP contribution in [0.15, 0.2) is 72.8 Å². The molecule has 0 amide bonds. The SMILES string of the molecule is Oc1c2cccc1CCCc1cccc(c1O)CCCc1cccc(c1O)CCCc1cccc(c1O)CCC2. The summed E-state index contributed by atoms with van der Waals surface area (Å²) in [6.45, 7) is 0. The van der Waals surface area contributed by atoms with Gasteiger partial charge in [0.15, 0.2) is 0 Å². The zero-order chi connectivity index (χ0) is 27.9. The Hall–Kier alpha value is -3.92. The molecule has 4 aromatic carbocycles. The van der Waals surface area contributed by atoms with E-state index in [9.17, 15) is 20.4 Å². The normalized spacial score (nSPS) is 15.2. The highest BCUT2D eigenvalue weighted by atomic mass is 16.3. The lowest BCUT2D eigenvalue weighted by Gasteiger charge is -2.14. The fourth-order valence-corrected chi connectivity index (χ4v) is 6.07. The maximum absolute atomic E-state index is 11.0. The van der Waals surface area contributed by atoms with Crippen molar-refractivity contribution < 1.29 is 20.4 Å². The van der Waals surface area contributed by atoms with Crippen LogP contribution in [0, 0.1) is 0 Å². The Morgan fingerprint density at radius 2 is 0.425 bits per heavy atom. The van der Waals surface area contributed by atoms with Crippen molar-refractivity contribution in [2.75, 3.05) is 0 Å². The number of fused-ring (bicyclic) bond motifs is 8. The quantitative estimate of drug-likeness (QED) is 0.187. The zero-order valence-electron chi connectivity index (χ0n) is 23.2. The van der Waals surface area contributed by atoms with Gasteiger partial charge in [-0.2, -0.15) is 0 Å². The highest BCUT2D eigenvalue weighted by Crippen LogP contribution is 2.32. The fourth-order valence-electron chi connectivity index (χ4n) is 6.07. The summed E-state index contributed by atoms with van der Waals surface area (Å²) in [5.74, 6) is 1.50. The summed E-state index contributed by atoms with van der Waals surface area (Å²) in [7, 11) is 0. The van der Waals surface area contributed by atoms with E-state index in [0.29, 0.717) is 23.0 Å². The molecule has 0 spiro atoms. The molecule has 1 aliphatic rings. The Bertz CT molecular complexity index is 1140. The number of para-hydroxylation sites is 4. The number of aromatic hydroxyl groups is 4. The summed E-state index contributed by atoms with van der Waals surface area (Å²) >= 11 is 0. The highest BCUT2D eigenvalue weighted by molar-refractivity contribution is 5.44. The van der Waals surface area contributed by atoms with Crippen molar-refractivity contribution in [2.24, 2.45) is 0 Å². The van der Waals surface area contributed by atoms with Gasteiger partial charge in [-0.1, -0.05) is 72.8 Å². The van der Waals surface area contributed by atoms with E-state index in [-0.39, 0.29) is 0 Å². The molecule has 5 rings (SSSR count). The molecule has 8 bridgehead atoms. The van der Waals surface area contributed by atoms with Gasteiger partial charge in [0.25, 0.3) is 0 Å². The predicted octanol–water partition coefficient (Wildman–Crippen LogP) is 7.52. The van der Waals surface area contributed by atoms with Gasteiger partial charge in [-0.15, -0.1) is 0 Å². The maximum Gasteiger partial charge on any atom is 0.121 e. The Morgan fingerprint density at radius 1 is 0.275 bits per heavy atom. The number of aryl methyl sites for hydroxylation is 8. The van der Waals surface area contributed by atoms with Crippen LogP contribution in [0.3, 0.4) is 0 Å². The first-order valence-corrected chi connectivity index (χ1v) is 14.7. The third-order valence-corrected chi connectivity index (χ3v) is 8.38. The molecule has 40 heavy (non-hydrogen) atoms. The summed E-state index contributed by atoms with van der Waals surface area (Å²) < 4.78 is 0. The third kappa shape index (κ3) is 6.44. The first-order valence-electron chi connectivity index (χ1n) is 14.7. The minimum absolute atomic E-state index is 0.374. The molecule has 4 nitrogen and oxygen atoms in total. The smallest absolute Gasteiger partial charge is 0.121 e. The number of phenolic OH excluding ortho intramolecular Hbond substituents is 4. The van der Waals surface area contributed by atoms with Crippen LogP contribution in [0.25, 0.3) is 0 Å². The van der Waals surface area contributed by atoms with E-state index >= 15 is 0 Å². The van der Waals surface area contributed by atoms with Gasteiger partial charge in [-0.3, -0.25) is 0 Å². The second-order valence-electron chi connectivity index (χ2n) is 11.1. The first kappa shape index (κ1) is 27.6. The van der Waals surface area contributed by atoms with Crippen LogP contribution in [-0.2, 0) is 51.4 Å². The van der Waals surface area contributed by atoms with Crippen LogP contribution in [0.4, 0.5) is 0 Å². The molecule has 0 fully saturated rings. The van der Waals surface area contributed by atoms with Crippen molar-refractivity contribution in [3.05, 3.63) is 117 Å². The summed E-state index contributed by atoms with van der Waals surface area (Å²) in [4.78, 5) is 0. The van der Waals surface area contributed by atoms with E-state index in [2.05, 4.69) is 0 Å². The Kier molecular flexibility index (Phi) is 8.95. The summed E-state index contributed by atoms with van der Waals surface area (Å²) in [6.07, 6.45) is 9.22. The largest absolute Gasteiger partial charge is 0.507 e. The van der Waals surface area contributed by atoms with Crippen molar-refractivity contribution in [1.29, 1.82) is 0 Å². The van der Waals surface area contributed by atoms with Crippen LogP contribution in [-0.4, -0.2) is 20.4 Å². The van der Waals surface area contributed by atoms with Gasteiger partial charge in [0.2, 0.25) is 0 Å². The molecular weight excluding hydrogens is 496 g/mol. The highest BCUT2D eigenvalue weighted by Gasteiger charge is 2.13. The fraction of sp³-hybridized carbons (Fsp3) is 0.333. The summed E-state index contributed by atoms with van der Waals surface area (Å²) in [6, 6.07) is 23.9. The van der Waals surface area contributed by atoms with E-state index in [1.165, 1.54) is 0 Å². The lowest BCUT2D eigenvalue weighted by molar-refractivity contribution is 0.452. The van der Waals surface area contributed by atoms with Crippen molar-refractivity contribution in [3.8, 4) is 23.0 Å². The van der Waals surface area contributed by atoms with E-state index in [0.717, 1.165) is 122 Å². The molecule has 0 aromatic heterocycles. The second kappa shape index (κ2) is 13.0. The van der Waals surface area contributed by atoms with Gasteiger partial charge < -0.3 is 20.4 Å². The van der Waals surface area contributed by atoms with Crippen LogP contribution in [0.2, 0.25) is 0 Å². The van der Waals surface area contributed by atoms with Gasteiger partial charge in [0.05, 0.1) is 0 Å². The molecule has 0 heterocycles. The lowest BCUT2D eigenvalue weighted by atomic mass is 9.94. The molecule has 4 heteroatoms. The number of hydrogen-bond acceptors (Lipinski definition) is 4. The molecule has 0 aliphatic heterocycles. The zero-order valence-corrected chi connectivity index (χ0v) is 23.2. The van der Waals surface area contributed by atoms with Gasteiger partial charge in [0, 0.05) is 0 Å². The third-order valence-electron chi connectivity index (χ3n) is 8.38. The molecule has 0 unspecified atom stereocenters. The average Bonchev–Trinajstić information content (AvgIpc) is 2.95. The summed E-state index contributed by atoms with van der Waals surface area (Å²) in [5.41, 5.74) is 7.51. The number of rotatable bonds is 0. The van der Waals surface area contributed by atoms with E-state index in [1.807, 2.05) is 72.8 Å².